The third-order valence-corrected chi connectivity index (χ3v) is 5.35. The van der Waals surface area contributed by atoms with Crippen molar-refractivity contribution in [2.45, 2.75) is 18.4 Å². The summed E-state index contributed by atoms with van der Waals surface area (Å²) in [5.41, 5.74) is 0.545. The van der Waals surface area contributed by atoms with Crippen LogP contribution in [0.4, 0.5) is 5.69 Å². The van der Waals surface area contributed by atoms with Crippen LogP contribution < -0.4 is 5.32 Å². The molecule has 1 aromatic rings. The zero-order chi connectivity index (χ0) is 14.6. The lowest BCUT2D eigenvalue weighted by atomic mass is 10.3. The minimum atomic E-state index is -3.51. The Kier molecular flexibility index (Phi) is 4.95. The van der Waals surface area contributed by atoms with Crippen LogP contribution in [-0.2, 0) is 10.0 Å². The Morgan fingerprint density at radius 2 is 2.00 bits per heavy atom. The number of rotatable bonds is 5. The molecule has 1 aliphatic heterocycles. The predicted molar refractivity (Wildman–Crippen MR) is 79.3 cm³/mol. The Balaban J connectivity index is 2.16. The number of anilines is 1. The second-order valence-electron chi connectivity index (χ2n) is 4.85. The number of pyridine rings is 1. The highest BCUT2D eigenvalue weighted by atomic mass is 32.2. The first kappa shape index (κ1) is 15.2. The van der Waals surface area contributed by atoms with Crippen LogP contribution >= 0.6 is 0 Å². The topological polar surface area (TPSA) is 65.5 Å². The highest BCUT2D eigenvalue weighted by molar-refractivity contribution is 7.89. The summed E-state index contributed by atoms with van der Waals surface area (Å²) < 4.78 is 26.8. The molecule has 0 aromatic carbocycles. The first-order valence-electron chi connectivity index (χ1n) is 6.95. The average Bonchev–Trinajstić information content (AvgIpc) is 2.48. The Morgan fingerprint density at radius 1 is 1.30 bits per heavy atom. The Bertz CT molecular complexity index is 539. The molecule has 1 fully saturated rings. The van der Waals surface area contributed by atoms with Crippen LogP contribution in [0, 0.1) is 0 Å². The molecule has 0 bridgehead atoms. The lowest BCUT2D eigenvalue weighted by Crippen LogP contribution is -2.48. The quantitative estimate of drug-likeness (QED) is 0.872. The molecule has 6 nitrogen and oxygen atoms in total. The zero-order valence-corrected chi connectivity index (χ0v) is 12.9. The number of nitrogens with zero attached hydrogens (tertiary/aromatic N) is 3. The molecule has 0 atom stereocenters. The van der Waals surface area contributed by atoms with E-state index < -0.39 is 10.0 Å². The molecular formula is C13H22N4O2S. The van der Waals surface area contributed by atoms with Crippen LogP contribution in [0.2, 0.25) is 0 Å². The van der Waals surface area contributed by atoms with E-state index in [1.54, 1.807) is 19.2 Å². The molecule has 2 heterocycles. The van der Waals surface area contributed by atoms with E-state index in [0.29, 0.717) is 18.8 Å². The second-order valence-corrected chi connectivity index (χ2v) is 6.71. The molecule has 112 valence electrons. The molecule has 0 radical (unpaired) electrons. The maximum atomic E-state index is 12.6. The van der Waals surface area contributed by atoms with Gasteiger partial charge in [0.05, 0.1) is 5.69 Å². The number of aromatic nitrogens is 1. The maximum absolute atomic E-state index is 12.6. The van der Waals surface area contributed by atoms with E-state index in [1.807, 2.05) is 0 Å². The largest absolute Gasteiger partial charge is 0.386 e. The molecular weight excluding hydrogens is 276 g/mol. The molecule has 1 saturated heterocycles. The monoisotopic (exact) mass is 298 g/mol. The van der Waals surface area contributed by atoms with Crippen LogP contribution in [0.15, 0.2) is 23.4 Å². The Morgan fingerprint density at radius 3 is 2.60 bits per heavy atom. The van der Waals surface area contributed by atoms with Gasteiger partial charge in [-0.2, -0.15) is 4.31 Å². The van der Waals surface area contributed by atoms with E-state index in [4.69, 9.17) is 0 Å². The van der Waals surface area contributed by atoms with Crippen LogP contribution in [0.25, 0.3) is 0 Å². The van der Waals surface area contributed by atoms with Gasteiger partial charge in [-0.05, 0) is 25.1 Å². The van der Waals surface area contributed by atoms with E-state index >= 15 is 0 Å². The van der Waals surface area contributed by atoms with Crippen LogP contribution in [0.5, 0.6) is 0 Å². The van der Waals surface area contributed by atoms with Crippen molar-refractivity contribution in [1.29, 1.82) is 0 Å². The lowest BCUT2D eigenvalue weighted by molar-refractivity contribution is 0.188. The van der Waals surface area contributed by atoms with Crippen molar-refractivity contribution in [3.63, 3.8) is 0 Å². The number of sulfonamides is 1. The van der Waals surface area contributed by atoms with Crippen molar-refractivity contribution < 1.29 is 8.42 Å². The van der Waals surface area contributed by atoms with Gasteiger partial charge < -0.3 is 10.2 Å². The van der Waals surface area contributed by atoms with Crippen LogP contribution in [-0.4, -0.2) is 62.4 Å². The average molecular weight is 298 g/mol. The molecule has 0 saturated carbocycles. The summed E-state index contributed by atoms with van der Waals surface area (Å²) in [4.78, 5) is 6.34. The summed E-state index contributed by atoms with van der Waals surface area (Å²) in [5.74, 6) is 0. The second kappa shape index (κ2) is 6.51. The summed E-state index contributed by atoms with van der Waals surface area (Å²) >= 11 is 0. The van der Waals surface area contributed by atoms with Gasteiger partial charge in [-0.15, -0.1) is 0 Å². The van der Waals surface area contributed by atoms with Crippen molar-refractivity contribution in [1.82, 2.24) is 14.2 Å². The summed E-state index contributed by atoms with van der Waals surface area (Å²) in [6.45, 7) is 5.79. The van der Waals surface area contributed by atoms with Crippen molar-refractivity contribution >= 4 is 15.7 Å². The molecule has 0 spiro atoms. The number of nitrogens with one attached hydrogen (secondary N) is 1. The van der Waals surface area contributed by atoms with Gasteiger partial charge in [-0.25, -0.2) is 13.4 Å². The molecule has 1 N–H and O–H groups in total. The highest BCUT2D eigenvalue weighted by Gasteiger charge is 2.30. The fourth-order valence-corrected chi connectivity index (χ4v) is 3.95. The van der Waals surface area contributed by atoms with E-state index in [0.717, 1.165) is 26.1 Å². The van der Waals surface area contributed by atoms with E-state index in [-0.39, 0.29) is 5.03 Å². The molecule has 0 aliphatic carbocycles. The number of hydrogen-bond acceptors (Lipinski definition) is 5. The van der Waals surface area contributed by atoms with Gasteiger partial charge in [0.25, 0.3) is 10.0 Å². The normalized spacial score (nSPS) is 18.1. The van der Waals surface area contributed by atoms with Crippen molar-refractivity contribution in [3.8, 4) is 0 Å². The third-order valence-electron chi connectivity index (χ3n) is 3.50. The molecule has 1 aliphatic rings. The van der Waals surface area contributed by atoms with Gasteiger partial charge in [-0.3, -0.25) is 0 Å². The SMILES string of the molecule is CCCN1CCN(S(=O)(=O)c2ncccc2NC)CC1. The zero-order valence-electron chi connectivity index (χ0n) is 12.0. The summed E-state index contributed by atoms with van der Waals surface area (Å²) in [6.07, 6.45) is 2.61. The minimum absolute atomic E-state index is 0.117. The third kappa shape index (κ3) is 3.11. The van der Waals surface area contributed by atoms with Crippen molar-refractivity contribution in [3.05, 3.63) is 18.3 Å². The maximum Gasteiger partial charge on any atom is 0.262 e. The van der Waals surface area contributed by atoms with Gasteiger partial charge in [0, 0.05) is 39.4 Å². The number of piperazine rings is 1. The van der Waals surface area contributed by atoms with E-state index in [1.165, 1.54) is 10.5 Å². The van der Waals surface area contributed by atoms with E-state index in [9.17, 15) is 8.42 Å². The summed E-state index contributed by atoms with van der Waals surface area (Å²) in [7, 11) is -1.81. The van der Waals surface area contributed by atoms with Gasteiger partial charge in [0.15, 0.2) is 5.03 Å². The highest BCUT2D eigenvalue weighted by Crippen LogP contribution is 2.22. The molecule has 1 aromatic heterocycles. The van der Waals surface area contributed by atoms with E-state index in [2.05, 4.69) is 22.1 Å². The molecule has 20 heavy (non-hydrogen) atoms. The van der Waals surface area contributed by atoms with Crippen LogP contribution in [0.1, 0.15) is 13.3 Å². The first-order valence-corrected chi connectivity index (χ1v) is 8.39. The smallest absolute Gasteiger partial charge is 0.262 e. The fraction of sp³-hybridized carbons (Fsp3) is 0.615. The lowest BCUT2D eigenvalue weighted by Gasteiger charge is -2.33. The molecule has 7 heteroatoms. The summed E-state index contributed by atoms with van der Waals surface area (Å²) in [6, 6.07) is 3.46. The molecule has 0 amide bonds. The fourth-order valence-electron chi connectivity index (χ4n) is 2.42. The van der Waals surface area contributed by atoms with Crippen molar-refractivity contribution in [2.75, 3.05) is 45.1 Å². The Hall–Kier alpha value is -1.18. The predicted octanol–water partition coefficient (Wildman–Crippen LogP) is 0.840. The minimum Gasteiger partial charge on any atom is -0.386 e. The van der Waals surface area contributed by atoms with Gasteiger partial charge >= 0.3 is 0 Å². The van der Waals surface area contributed by atoms with Crippen LogP contribution in [0.3, 0.4) is 0 Å². The van der Waals surface area contributed by atoms with Gasteiger partial charge in [0.2, 0.25) is 0 Å². The standard InChI is InChI=1S/C13H22N4O2S/c1-3-7-16-8-10-17(11-9-16)20(18,19)13-12(14-2)5-4-6-15-13/h4-6,14H,3,7-11H2,1-2H3. The van der Waals surface area contributed by atoms with Gasteiger partial charge in [0.1, 0.15) is 0 Å². The summed E-state index contributed by atoms with van der Waals surface area (Å²) in [5, 5.41) is 3.01. The van der Waals surface area contributed by atoms with Gasteiger partial charge in [-0.1, -0.05) is 6.92 Å². The number of hydrogen-bond donors (Lipinski definition) is 1. The molecule has 2 rings (SSSR count). The molecule has 0 unspecified atom stereocenters. The van der Waals surface area contributed by atoms with Crippen molar-refractivity contribution in [2.24, 2.45) is 0 Å². The Labute approximate surface area is 120 Å². The first-order chi connectivity index (χ1) is 9.59.